The van der Waals surface area contributed by atoms with Crippen LogP contribution in [0, 0.1) is 0 Å². The van der Waals surface area contributed by atoms with E-state index in [1.807, 2.05) is 35.7 Å². The summed E-state index contributed by atoms with van der Waals surface area (Å²) in [6.07, 6.45) is 4.10. The van der Waals surface area contributed by atoms with Gasteiger partial charge in [-0.15, -0.1) is 11.3 Å². The van der Waals surface area contributed by atoms with Gasteiger partial charge in [-0.05, 0) is 41.9 Å². The first-order valence-electron chi connectivity index (χ1n) is 7.75. The molecule has 1 aromatic carbocycles. The number of nitrogens with two attached hydrogens (primary N) is 1. The zero-order valence-electron chi connectivity index (χ0n) is 13.7. The summed E-state index contributed by atoms with van der Waals surface area (Å²) in [6.45, 7) is 0.535. The third-order valence-corrected chi connectivity index (χ3v) is 4.78. The lowest BCUT2D eigenvalue weighted by molar-refractivity contribution is 0.929. The van der Waals surface area contributed by atoms with Crippen LogP contribution in [0.2, 0.25) is 0 Å². The number of anilines is 1. The Hall–Kier alpha value is -3.00. The first kappa shape index (κ1) is 17.8. The summed E-state index contributed by atoms with van der Waals surface area (Å²) >= 11 is 6.67. The number of nitrogens with zero attached hydrogens (tertiary/aromatic N) is 6. The number of rotatable bonds is 6. The lowest BCUT2D eigenvalue weighted by Gasteiger charge is -2.20. The van der Waals surface area contributed by atoms with E-state index in [1.165, 1.54) is 11.3 Å². The number of benzene rings is 1. The van der Waals surface area contributed by atoms with Gasteiger partial charge >= 0.3 is 0 Å². The molecule has 0 saturated heterocycles. The van der Waals surface area contributed by atoms with Gasteiger partial charge in [0.1, 0.15) is 0 Å². The zero-order valence-corrected chi connectivity index (χ0v) is 15.3. The highest BCUT2D eigenvalue weighted by atomic mass is 32.1. The largest absolute Gasteiger partial charge is 0.376 e. The lowest BCUT2D eigenvalue weighted by Crippen LogP contribution is -2.37. The summed E-state index contributed by atoms with van der Waals surface area (Å²) < 4.78 is 0. The fourth-order valence-corrected chi connectivity index (χ4v) is 3.54. The molecule has 3 rings (SSSR count). The average molecular weight is 381 g/mol. The fraction of sp³-hybridized carbons (Fsp3) is 0.118. The molecule has 0 aliphatic heterocycles. The number of pyridine rings is 1. The van der Waals surface area contributed by atoms with Gasteiger partial charge in [0.05, 0.1) is 5.69 Å². The molecule has 3 aromatic rings. The minimum Gasteiger partial charge on any atom is -0.376 e. The fourth-order valence-electron chi connectivity index (χ4n) is 2.44. The summed E-state index contributed by atoms with van der Waals surface area (Å²) in [4.78, 5) is 13.4. The highest BCUT2D eigenvalue weighted by molar-refractivity contribution is 7.80. The van der Waals surface area contributed by atoms with Crippen LogP contribution in [-0.2, 0) is 6.42 Å². The number of azide groups is 1. The predicted molar refractivity (Wildman–Crippen MR) is 108 cm³/mol. The Morgan fingerprint density at radius 2 is 2.15 bits per heavy atom. The van der Waals surface area contributed by atoms with Crippen molar-refractivity contribution in [3.8, 4) is 11.3 Å². The molecule has 0 unspecified atom stereocenters. The van der Waals surface area contributed by atoms with E-state index in [0.29, 0.717) is 18.7 Å². The van der Waals surface area contributed by atoms with Crippen LogP contribution in [0.1, 0.15) is 5.56 Å². The molecule has 9 heteroatoms. The molecule has 0 bridgehead atoms. The van der Waals surface area contributed by atoms with Crippen LogP contribution in [0.3, 0.4) is 0 Å². The van der Waals surface area contributed by atoms with Gasteiger partial charge in [-0.2, -0.15) is 0 Å². The summed E-state index contributed by atoms with van der Waals surface area (Å²) in [5.41, 5.74) is 17.9. The van der Waals surface area contributed by atoms with Gasteiger partial charge < -0.3 is 5.73 Å². The minimum absolute atomic E-state index is 0.248. The van der Waals surface area contributed by atoms with Crippen LogP contribution in [-0.4, -0.2) is 21.6 Å². The van der Waals surface area contributed by atoms with Gasteiger partial charge in [0.25, 0.3) is 0 Å². The molecule has 2 aromatic heterocycles. The molecule has 2 N–H and O–H groups in total. The van der Waals surface area contributed by atoms with Crippen LogP contribution in [0.15, 0.2) is 59.3 Å². The average Bonchev–Trinajstić information content (AvgIpc) is 3.14. The van der Waals surface area contributed by atoms with E-state index in [0.717, 1.165) is 22.0 Å². The Kier molecular flexibility index (Phi) is 5.75. The van der Waals surface area contributed by atoms with E-state index in [9.17, 15) is 0 Å². The second kappa shape index (κ2) is 8.39. The van der Waals surface area contributed by atoms with Crippen molar-refractivity contribution in [3.05, 3.63) is 70.2 Å². The van der Waals surface area contributed by atoms with E-state index in [2.05, 4.69) is 20.0 Å². The third kappa shape index (κ3) is 4.15. The lowest BCUT2D eigenvalue weighted by atomic mass is 10.1. The molecule has 0 radical (unpaired) electrons. The first-order valence-corrected chi connectivity index (χ1v) is 9.03. The molecule has 0 fully saturated rings. The van der Waals surface area contributed by atoms with Crippen molar-refractivity contribution in [2.24, 2.45) is 10.8 Å². The summed E-state index contributed by atoms with van der Waals surface area (Å²) in [7, 11) is 0. The molecule has 0 saturated carbocycles. The molecule has 0 spiro atoms. The molecule has 0 aliphatic rings. The van der Waals surface area contributed by atoms with Crippen LogP contribution in [0.5, 0.6) is 0 Å². The van der Waals surface area contributed by atoms with Gasteiger partial charge in [-0.1, -0.05) is 29.4 Å². The van der Waals surface area contributed by atoms with Gasteiger partial charge in [0.2, 0.25) is 0 Å². The summed E-state index contributed by atoms with van der Waals surface area (Å²) in [5, 5.41) is 6.64. The Bertz CT molecular complexity index is 949. The van der Waals surface area contributed by atoms with E-state index >= 15 is 0 Å². The maximum atomic E-state index is 8.69. The van der Waals surface area contributed by atoms with Crippen LogP contribution in [0.4, 0.5) is 10.8 Å². The molecular weight excluding hydrogens is 366 g/mol. The molecule has 2 heterocycles. The Morgan fingerprint density at radius 3 is 2.88 bits per heavy atom. The zero-order chi connectivity index (χ0) is 18.4. The highest BCUT2D eigenvalue weighted by Gasteiger charge is 2.15. The second-order valence-electron chi connectivity index (χ2n) is 5.32. The van der Waals surface area contributed by atoms with Crippen LogP contribution >= 0.6 is 23.6 Å². The molecule has 26 heavy (non-hydrogen) atoms. The minimum atomic E-state index is 0.248. The maximum absolute atomic E-state index is 8.69. The Labute approximate surface area is 159 Å². The van der Waals surface area contributed by atoms with Gasteiger partial charge in [0.15, 0.2) is 10.2 Å². The van der Waals surface area contributed by atoms with E-state index in [1.54, 1.807) is 23.4 Å². The monoisotopic (exact) mass is 381 g/mol. The third-order valence-electron chi connectivity index (χ3n) is 3.70. The van der Waals surface area contributed by atoms with Crippen LogP contribution < -0.4 is 10.6 Å². The quantitative estimate of drug-likeness (QED) is 0.294. The normalized spacial score (nSPS) is 10.2. The Balaban J connectivity index is 1.80. The molecule has 0 amide bonds. The SMILES string of the molecule is [N-]=[N+]=Nc1ccccc1CCN(C(N)=S)c1nc(-c2cccnc2)cs1. The number of thiazole rings is 1. The predicted octanol–water partition coefficient (Wildman–Crippen LogP) is 4.44. The highest BCUT2D eigenvalue weighted by Crippen LogP contribution is 2.28. The summed E-state index contributed by atoms with van der Waals surface area (Å²) in [6, 6.07) is 11.3. The van der Waals surface area contributed by atoms with Crippen LogP contribution in [0.25, 0.3) is 21.7 Å². The van der Waals surface area contributed by atoms with E-state index in [-0.39, 0.29) is 5.11 Å². The van der Waals surface area contributed by atoms with Crippen molar-refractivity contribution >= 4 is 39.5 Å². The smallest absolute Gasteiger partial charge is 0.192 e. The van der Waals surface area contributed by atoms with Gasteiger partial charge in [0, 0.05) is 40.5 Å². The van der Waals surface area contributed by atoms with Crippen molar-refractivity contribution in [2.75, 3.05) is 11.4 Å². The van der Waals surface area contributed by atoms with E-state index < -0.39 is 0 Å². The van der Waals surface area contributed by atoms with Gasteiger partial charge in [-0.25, -0.2) is 4.98 Å². The topological polar surface area (TPSA) is 104 Å². The second-order valence-corrected chi connectivity index (χ2v) is 6.57. The molecule has 7 nitrogen and oxygen atoms in total. The number of hydrogen-bond donors (Lipinski definition) is 1. The van der Waals surface area contributed by atoms with E-state index in [4.69, 9.17) is 23.5 Å². The number of thiocarbonyl (C=S) groups is 1. The number of hydrogen-bond acceptors (Lipinski definition) is 5. The Morgan fingerprint density at radius 1 is 1.31 bits per heavy atom. The first-order chi connectivity index (χ1) is 12.7. The van der Waals surface area contributed by atoms with Crippen molar-refractivity contribution in [1.82, 2.24) is 9.97 Å². The standard InChI is InChI=1S/C17H15N7S2/c18-16(25)24(9-7-12-4-1-2-6-14(12)22-23-19)17-21-15(11-26-17)13-5-3-8-20-10-13/h1-6,8,10-11H,7,9H2,(H2,18,25). The van der Waals surface area contributed by atoms with Crippen molar-refractivity contribution in [3.63, 3.8) is 0 Å². The molecular formula is C17H15N7S2. The molecule has 0 atom stereocenters. The molecule has 0 aliphatic carbocycles. The number of aromatic nitrogens is 2. The molecule has 130 valence electrons. The van der Waals surface area contributed by atoms with Gasteiger partial charge in [-0.3, -0.25) is 9.88 Å². The van der Waals surface area contributed by atoms with Crippen molar-refractivity contribution in [1.29, 1.82) is 0 Å². The van der Waals surface area contributed by atoms with Crippen molar-refractivity contribution < 1.29 is 0 Å². The van der Waals surface area contributed by atoms with Crippen molar-refractivity contribution in [2.45, 2.75) is 6.42 Å². The maximum Gasteiger partial charge on any atom is 0.192 e. The summed E-state index contributed by atoms with van der Waals surface area (Å²) in [5.74, 6) is 0.